The Hall–Kier alpha value is -1.51. The molecule has 0 aliphatic carbocycles. The third kappa shape index (κ3) is 6.25. The molecular weight excluding hydrogens is 306 g/mol. The first kappa shape index (κ1) is 19.5. The monoisotopic (exact) mass is 333 g/mol. The second-order valence-corrected chi connectivity index (χ2v) is 5.83. The van der Waals surface area contributed by atoms with Gasteiger partial charge in [-0.25, -0.2) is 0 Å². The van der Waals surface area contributed by atoms with Gasteiger partial charge >= 0.3 is 0 Å². The van der Waals surface area contributed by atoms with E-state index in [2.05, 4.69) is 69.3 Å². The predicted molar refractivity (Wildman–Crippen MR) is 92.8 cm³/mol. The molecule has 126 valence electrons. The third-order valence-electron chi connectivity index (χ3n) is 4.17. The van der Waals surface area contributed by atoms with Crippen LogP contribution in [-0.4, -0.2) is 26.2 Å². The van der Waals surface area contributed by atoms with Crippen LogP contribution in [0.15, 0.2) is 48.5 Å². The fourth-order valence-corrected chi connectivity index (χ4v) is 2.71. The van der Waals surface area contributed by atoms with Gasteiger partial charge in [0.05, 0.1) is 13.1 Å². The fraction of sp³-hybridized carbons (Fsp3) is 0.400. The van der Waals surface area contributed by atoms with Crippen molar-refractivity contribution in [2.75, 3.05) is 26.2 Å². The Kier molecular flexibility index (Phi) is 8.75. The number of aryl methyl sites for hydroxylation is 1. The van der Waals surface area contributed by atoms with Crippen molar-refractivity contribution in [2.24, 2.45) is 0 Å². The molecule has 2 nitrogen and oxygen atoms in total. The van der Waals surface area contributed by atoms with Crippen LogP contribution in [0, 0.1) is 6.92 Å². The molecule has 2 aromatic carbocycles. The standard InChI is InChI=1S/C20H27NO.ClH/c1-4-21(5-2)13-14-22-20-12-11-17(3)15-19(20)16-18-9-7-6-8-10-18;/h6-12,15H,4-5,13-14,16H2,1-3H3;1H. The zero-order valence-corrected chi connectivity index (χ0v) is 15.2. The van der Waals surface area contributed by atoms with E-state index < -0.39 is 0 Å². The largest absolute Gasteiger partial charge is 1.00 e. The molecule has 0 spiro atoms. The summed E-state index contributed by atoms with van der Waals surface area (Å²) in [7, 11) is 0. The number of likely N-dealkylation sites (N-methyl/N-ethyl adjacent to an activating group) is 1. The first-order valence-corrected chi connectivity index (χ1v) is 8.32. The van der Waals surface area contributed by atoms with Gasteiger partial charge in [-0.3, -0.25) is 0 Å². The molecule has 3 heteroatoms. The van der Waals surface area contributed by atoms with Crippen molar-refractivity contribution in [1.82, 2.24) is 0 Å². The Morgan fingerprint density at radius 1 is 0.957 bits per heavy atom. The number of quaternary nitrogens is 1. The molecule has 1 N–H and O–H groups in total. The highest BCUT2D eigenvalue weighted by atomic mass is 35.5. The van der Waals surface area contributed by atoms with E-state index in [1.54, 1.807) is 4.90 Å². The summed E-state index contributed by atoms with van der Waals surface area (Å²) in [6.07, 6.45) is 0.927. The number of rotatable bonds is 8. The minimum atomic E-state index is 0. The molecule has 0 unspecified atom stereocenters. The van der Waals surface area contributed by atoms with E-state index in [0.29, 0.717) is 0 Å². The number of hydrogen-bond acceptors (Lipinski definition) is 1. The number of ether oxygens (including phenoxy) is 1. The summed E-state index contributed by atoms with van der Waals surface area (Å²) in [6.45, 7) is 10.7. The van der Waals surface area contributed by atoms with Crippen LogP contribution < -0.4 is 22.0 Å². The minimum Gasteiger partial charge on any atom is -1.00 e. The maximum absolute atomic E-state index is 6.08. The van der Waals surface area contributed by atoms with Gasteiger partial charge in [-0.05, 0) is 38.0 Å². The summed E-state index contributed by atoms with van der Waals surface area (Å²) in [5.41, 5.74) is 3.89. The summed E-state index contributed by atoms with van der Waals surface area (Å²) in [6, 6.07) is 17.1. The fourth-order valence-electron chi connectivity index (χ4n) is 2.71. The van der Waals surface area contributed by atoms with Gasteiger partial charge in [-0.2, -0.15) is 0 Å². The summed E-state index contributed by atoms with van der Waals surface area (Å²) >= 11 is 0. The maximum Gasteiger partial charge on any atom is 0.137 e. The Balaban J connectivity index is 0.00000264. The highest BCUT2D eigenvalue weighted by molar-refractivity contribution is 5.40. The van der Waals surface area contributed by atoms with Gasteiger partial charge in [0.25, 0.3) is 0 Å². The van der Waals surface area contributed by atoms with E-state index in [1.165, 1.54) is 16.7 Å². The third-order valence-corrected chi connectivity index (χ3v) is 4.17. The average Bonchev–Trinajstić information content (AvgIpc) is 2.54. The molecule has 0 atom stereocenters. The number of nitrogens with one attached hydrogen (secondary N) is 1. The van der Waals surface area contributed by atoms with Gasteiger partial charge < -0.3 is 22.0 Å². The second-order valence-electron chi connectivity index (χ2n) is 5.83. The highest BCUT2D eigenvalue weighted by Crippen LogP contribution is 2.23. The van der Waals surface area contributed by atoms with Crippen molar-refractivity contribution in [3.8, 4) is 5.75 Å². The van der Waals surface area contributed by atoms with Crippen LogP contribution in [0.3, 0.4) is 0 Å². The van der Waals surface area contributed by atoms with Crippen molar-refractivity contribution in [3.63, 3.8) is 0 Å². The Labute approximate surface area is 146 Å². The molecule has 2 rings (SSSR count). The molecule has 0 bridgehead atoms. The summed E-state index contributed by atoms with van der Waals surface area (Å²) in [5, 5.41) is 0. The van der Waals surface area contributed by atoms with Crippen LogP contribution >= 0.6 is 0 Å². The molecule has 0 heterocycles. The molecule has 0 amide bonds. The molecule has 0 saturated heterocycles. The van der Waals surface area contributed by atoms with Gasteiger partial charge in [-0.1, -0.05) is 48.0 Å². The molecular formula is C20H28ClNO. The second kappa shape index (κ2) is 10.3. The van der Waals surface area contributed by atoms with Gasteiger partial charge in [0.2, 0.25) is 0 Å². The van der Waals surface area contributed by atoms with Crippen molar-refractivity contribution in [3.05, 3.63) is 65.2 Å². The van der Waals surface area contributed by atoms with Gasteiger partial charge in [-0.15, -0.1) is 0 Å². The molecule has 0 aliphatic rings. The lowest BCUT2D eigenvalue weighted by Gasteiger charge is -2.17. The van der Waals surface area contributed by atoms with Gasteiger partial charge in [0.1, 0.15) is 18.9 Å². The highest BCUT2D eigenvalue weighted by Gasteiger charge is 2.07. The van der Waals surface area contributed by atoms with E-state index in [1.807, 2.05) is 0 Å². The van der Waals surface area contributed by atoms with E-state index >= 15 is 0 Å². The lowest BCUT2D eigenvalue weighted by Crippen LogP contribution is -3.12. The maximum atomic E-state index is 6.08. The SMILES string of the molecule is CC[NH+](CC)CCOc1ccc(C)cc1Cc1ccccc1.[Cl-]. The van der Waals surface area contributed by atoms with Crippen LogP contribution in [-0.2, 0) is 6.42 Å². The molecule has 0 saturated carbocycles. The predicted octanol–water partition coefficient (Wildman–Crippen LogP) is -0.107. The van der Waals surface area contributed by atoms with Crippen molar-refractivity contribution >= 4 is 0 Å². The minimum absolute atomic E-state index is 0. The zero-order valence-electron chi connectivity index (χ0n) is 14.4. The van der Waals surface area contributed by atoms with E-state index in [-0.39, 0.29) is 12.4 Å². The van der Waals surface area contributed by atoms with Crippen LogP contribution in [0.1, 0.15) is 30.5 Å². The molecule has 2 aromatic rings. The van der Waals surface area contributed by atoms with Crippen molar-refractivity contribution < 1.29 is 22.0 Å². The van der Waals surface area contributed by atoms with E-state index in [4.69, 9.17) is 4.74 Å². The smallest absolute Gasteiger partial charge is 0.137 e. The van der Waals surface area contributed by atoms with Crippen LogP contribution in [0.25, 0.3) is 0 Å². The van der Waals surface area contributed by atoms with Crippen molar-refractivity contribution in [1.29, 1.82) is 0 Å². The molecule has 0 aliphatic heterocycles. The number of hydrogen-bond donors (Lipinski definition) is 1. The number of halogens is 1. The van der Waals surface area contributed by atoms with E-state index in [9.17, 15) is 0 Å². The Morgan fingerprint density at radius 2 is 1.65 bits per heavy atom. The quantitative estimate of drug-likeness (QED) is 0.712. The van der Waals surface area contributed by atoms with Crippen molar-refractivity contribution in [2.45, 2.75) is 27.2 Å². The average molecular weight is 334 g/mol. The summed E-state index contributed by atoms with van der Waals surface area (Å²) in [4.78, 5) is 1.58. The molecule has 0 aromatic heterocycles. The van der Waals surface area contributed by atoms with Crippen LogP contribution in [0.2, 0.25) is 0 Å². The lowest BCUT2D eigenvalue weighted by atomic mass is 10.0. The normalized spacial score (nSPS) is 10.4. The molecule has 0 radical (unpaired) electrons. The Morgan fingerprint density at radius 3 is 2.30 bits per heavy atom. The number of benzene rings is 2. The first-order chi connectivity index (χ1) is 10.7. The van der Waals surface area contributed by atoms with Crippen LogP contribution in [0.4, 0.5) is 0 Å². The lowest BCUT2D eigenvalue weighted by molar-refractivity contribution is -0.896. The molecule has 23 heavy (non-hydrogen) atoms. The molecule has 0 fully saturated rings. The van der Waals surface area contributed by atoms with Crippen LogP contribution in [0.5, 0.6) is 5.75 Å². The Bertz CT molecular complexity index is 567. The van der Waals surface area contributed by atoms with E-state index in [0.717, 1.165) is 38.4 Å². The summed E-state index contributed by atoms with van der Waals surface area (Å²) < 4.78 is 6.08. The zero-order chi connectivity index (χ0) is 15.8. The van der Waals surface area contributed by atoms with Gasteiger partial charge in [0.15, 0.2) is 0 Å². The summed E-state index contributed by atoms with van der Waals surface area (Å²) in [5.74, 6) is 1.03. The topological polar surface area (TPSA) is 13.7 Å². The first-order valence-electron chi connectivity index (χ1n) is 8.32. The van der Waals surface area contributed by atoms with Gasteiger partial charge in [0, 0.05) is 6.42 Å².